The Bertz CT molecular complexity index is 776. The van der Waals surface area contributed by atoms with Crippen molar-refractivity contribution in [2.24, 2.45) is 0 Å². The van der Waals surface area contributed by atoms with Crippen LogP contribution in [0.2, 0.25) is 0 Å². The summed E-state index contributed by atoms with van der Waals surface area (Å²) >= 11 is 0. The number of carbonyl (C=O) groups is 2. The van der Waals surface area contributed by atoms with Gasteiger partial charge < -0.3 is 23.9 Å². The van der Waals surface area contributed by atoms with Crippen molar-refractivity contribution in [1.82, 2.24) is 0 Å². The van der Waals surface area contributed by atoms with Crippen molar-refractivity contribution in [3.8, 4) is 11.5 Å². The fourth-order valence-corrected chi connectivity index (χ4v) is 1.81. The molecule has 1 aromatic carbocycles. The standard InChI is InChI=1S/C15H14N2O8/c1-22-10-5-9(6-11(7-10)23-2)16-13(18)8-24-15(19)12-3-4-14(25-12)17(20)21/h3-7H,8H2,1-2H3,(H,16,18). The minimum absolute atomic E-state index is 0.373. The maximum absolute atomic E-state index is 11.9. The van der Waals surface area contributed by atoms with Crippen LogP contribution in [0.15, 0.2) is 34.7 Å². The highest BCUT2D eigenvalue weighted by molar-refractivity contribution is 5.95. The predicted molar refractivity (Wildman–Crippen MR) is 83.8 cm³/mol. The Labute approximate surface area is 141 Å². The van der Waals surface area contributed by atoms with E-state index in [2.05, 4.69) is 9.73 Å². The average Bonchev–Trinajstić information content (AvgIpc) is 3.09. The number of hydrogen-bond acceptors (Lipinski definition) is 8. The van der Waals surface area contributed by atoms with Gasteiger partial charge in [-0.3, -0.25) is 14.9 Å². The first kappa shape index (κ1) is 17.8. The smallest absolute Gasteiger partial charge is 0.433 e. The van der Waals surface area contributed by atoms with Gasteiger partial charge in [0.25, 0.3) is 5.91 Å². The summed E-state index contributed by atoms with van der Waals surface area (Å²) in [6.07, 6.45) is 0. The van der Waals surface area contributed by atoms with Gasteiger partial charge in [0.1, 0.15) is 16.4 Å². The van der Waals surface area contributed by atoms with E-state index in [1.54, 1.807) is 18.2 Å². The van der Waals surface area contributed by atoms with Crippen LogP contribution >= 0.6 is 0 Å². The van der Waals surface area contributed by atoms with Crippen molar-refractivity contribution in [1.29, 1.82) is 0 Å². The third-order valence-corrected chi connectivity index (χ3v) is 2.94. The van der Waals surface area contributed by atoms with E-state index in [0.29, 0.717) is 17.2 Å². The predicted octanol–water partition coefficient (Wildman–Crippen LogP) is 2.00. The van der Waals surface area contributed by atoms with Crippen LogP contribution in [0.3, 0.4) is 0 Å². The molecule has 132 valence electrons. The van der Waals surface area contributed by atoms with Crippen LogP contribution in [0.4, 0.5) is 11.6 Å². The summed E-state index contributed by atoms with van der Waals surface area (Å²) in [5.41, 5.74) is 0.380. The van der Waals surface area contributed by atoms with Gasteiger partial charge in [0.2, 0.25) is 5.76 Å². The van der Waals surface area contributed by atoms with Gasteiger partial charge in [0, 0.05) is 23.9 Å². The number of carbonyl (C=O) groups excluding carboxylic acids is 2. The lowest BCUT2D eigenvalue weighted by Crippen LogP contribution is -2.20. The Kier molecular flexibility index (Phi) is 5.56. The molecule has 25 heavy (non-hydrogen) atoms. The van der Waals surface area contributed by atoms with Crippen LogP contribution in [0.1, 0.15) is 10.6 Å². The molecule has 1 heterocycles. The van der Waals surface area contributed by atoms with Gasteiger partial charge in [-0.05, 0) is 6.07 Å². The summed E-state index contributed by atoms with van der Waals surface area (Å²) in [5, 5.41) is 13.0. The van der Waals surface area contributed by atoms with Crippen LogP contribution in [-0.4, -0.2) is 37.6 Å². The number of amides is 1. The first-order valence-electron chi connectivity index (χ1n) is 6.87. The molecule has 2 rings (SSSR count). The number of nitrogens with zero attached hydrogens (tertiary/aromatic N) is 1. The Balaban J connectivity index is 1.94. The third kappa shape index (κ3) is 4.70. The first-order valence-corrected chi connectivity index (χ1v) is 6.87. The number of furan rings is 1. The molecule has 1 N–H and O–H groups in total. The van der Waals surface area contributed by atoms with Crippen LogP contribution in [0, 0.1) is 10.1 Å². The Hall–Kier alpha value is -3.56. The number of benzene rings is 1. The first-order chi connectivity index (χ1) is 11.9. The van der Waals surface area contributed by atoms with Gasteiger partial charge in [-0.2, -0.15) is 0 Å². The van der Waals surface area contributed by atoms with Crippen molar-refractivity contribution in [3.05, 3.63) is 46.2 Å². The van der Waals surface area contributed by atoms with Crippen LogP contribution < -0.4 is 14.8 Å². The Morgan fingerprint density at radius 2 is 1.80 bits per heavy atom. The van der Waals surface area contributed by atoms with Gasteiger partial charge in [-0.15, -0.1) is 0 Å². The number of esters is 1. The summed E-state index contributed by atoms with van der Waals surface area (Å²) in [6.45, 7) is -0.604. The average molecular weight is 350 g/mol. The molecule has 0 aliphatic rings. The lowest BCUT2D eigenvalue weighted by atomic mass is 10.2. The lowest BCUT2D eigenvalue weighted by molar-refractivity contribution is -0.402. The SMILES string of the molecule is COc1cc(NC(=O)COC(=O)c2ccc([N+](=O)[O-])o2)cc(OC)c1. The summed E-state index contributed by atoms with van der Waals surface area (Å²) < 4.78 is 19.6. The maximum Gasteiger partial charge on any atom is 0.433 e. The van der Waals surface area contributed by atoms with Gasteiger partial charge in [-0.1, -0.05) is 0 Å². The zero-order valence-electron chi connectivity index (χ0n) is 13.3. The van der Waals surface area contributed by atoms with Crippen LogP contribution in [-0.2, 0) is 9.53 Å². The van der Waals surface area contributed by atoms with Crippen LogP contribution in [0.5, 0.6) is 11.5 Å². The van der Waals surface area contributed by atoms with E-state index in [0.717, 1.165) is 12.1 Å². The monoisotopic (exact) mass is 350 g/mol. The number of rotatable bonds is 7. The second-order valence-electron chi connectivity index (χ2n) is 4.62. The summed E-state index contributed by atoms with van der Waals surface area (Å²) in [6, 6.07) is 6.83. The van der Waals surface area contributed by atoms with E-state index in [-0.39, 0.29) is 5.76 Å². The molecule has 0 spiro atoms. The molecule has 0 bridgehead atoms. The number of nitrogens with one attached hydrogen (secondary N) is 1. The molecule has 1 amide bonds. The van der Waals surface area contributed by atoms with Crippen molar-refractivity contribution >= 4 is 23.4 Å². The molecular formula is C15H14N2O8. The second kappa shape index (κ2) is 7.81. The highest BCUT2D eigenvalue weighted by Gasteiger charge is 2.19. The van der Waals surface area contributed by atoms with E-state index in [4.69, 9.17) is 14.2 Å². The number of methoxy groups -OCH3 is 2. The van der Waals surface area contributed by atoms with Crippen molar-refractivity contribution < 1.29 is 33.1 Å². The van der Waals surface area contributed by atoms with Gasteiger partial charge in [0.15, 0.2) is 6.61 Å². The molecule has 10 nitrogen and oxygen atoms in total. The zero-order valence-corrected chi connectivity index (χ0v) is 13.3. The minimum atomic E-state index is -0.994. The molecule has 10 heteroatoms. The summed E-state index contributed by atoms with van der Waals surface area (Å²) in [5.74, 6) is -1.65. The Morgan fingerprint density at radius 3 is 2.32 bits per heavy atom. The molecule has 0 fully saturated rings. The minimum Gasteiger partial charge on any atom is -0.497 e. The van der Waals surface area contributed by atoms with E-state index < -0.39 is 29.3 Å². The number of hydrogen-bond donors (Lipinski definition) is 1. The molecule has 0 saturated carbocycles. The molecule has 0 aliphatic heterocycles. The topological polar surface area (TPSA) is 130 Å². The molecule has 0 atom stereocenters. The van der Waals surface area contributed by atoms with Gasteiger partial charge >= 0.3 is 11.9 Å². The van der Waals surface area contributed by atoms with Crippen molar-refractivity contribution in [3.63, 3.8) is 0 Å². The molecule has 0 radical (unpaired) electrons. The van der Waals surface area contributed by atoms with Gasteiger partial charge in [0.05, 0.1) is 20.3 Å². The Morgan fingerprint density at radius 1 is 1.16 bits per heavy atom. The van der Waals surface area contributed by atoms with E-state index in [1.807, 2.05) is 0 Å². The summed E-state index contributed by atoms with van der Waals surface area (Å²) in [4.78, 5) is 33.2. The largest absolute Gasteiger partial charge is 0.497 e. The van der Waals surface area contributed by atoms with Crippen molar-refractivity contribution in [2.75, 3.05) is 26.1 Å². The van der Waals surface area contributed by atoms with E-state index in [9.17, 15) is 19.7 Å². The fourth-order valence-electron chi connectivity index (χ4n) is 1.81. The quantitative estimate of drug-likeness (QED) is 0.456. The normalized spacial score (nSPS) is 10.0. The molecular weight excluding hydrogens is 336 g/mol. The van der Waals surface area contributed by atoms with Gasteiger partial charge in [-0.25, -0.2) is 4.79 Å². The molecule has 1 aromatic heterocycles. The van der Waals surface area contributed by atoms with Crippen molar-refractivity contribution in [2.45, 2.75) is 0 Å². The highest BCUT2D eigenvalue weighted by Crippen LogP contribution is 2.25. The van der Waals surface area contributed by atoms with E-state index >= 15 is 0 Å². The van der Waals surface area contributed by atoms with E-state index in [1.165, 1.54) is 14.2 Å². The fraction of sp³-hybridized carbons (Fsp3) is 0.200. The number of anilines is 1. The zero-order chi connectivity index (χ0) is 18.4. The maximum atomic E-state index is 11.9. The molecule has 0 saturated heterocycles. The summed E-state index contributed by atoms with van der Waals surface area (Å²) in [7, 11) is 2.93. The number of nitro groups is 1. The second-order valence-corrected chi connectivity index (χ2v) is 4.62. The molecule has 2 aromatic rings. The molecule has 0 aliphatic carbocycles. The lowest BCUT2D eigenvalue weighted by Gasteiger charge is -2.10. The third-order valence-electron chi connectivity index (χ3n) is 2.94. The highest BCUT2D eigenvalue weighted by atomic mass is 16.7. The molecule has 0 unspecified atom stereocenters. The number of ether oxygens (including phenoxy) is 3. The van der Waals surface area contributed by atoms with Crippen LogP contribution in [0.25, 0.3) is 0 Å².